The van der Waals surface area contributed by atoms with E-state index in [4.69, 9.17) is 4.74 Å². The van der Waals surface area contributed by atoms with Crippen LogP contribution >= 0.6 is 0 Å². The molecular weight excluding hydrogens is 360 g/mol. The molecule has 150 valence electrons. The summed E-state index contributed by atoms with van der Waals surface area (Å²) in [6.45, 7) is 8.29. The first kappa shape index (κ1) is 20.7. The van der Waals surface area contributed by atoms with Crippen LogP contribution in [0.15, 0.2) is 78.9 Å². The van der Waals surface area contributed by atoms with Crippen molar-refractivity contribution < 1.29 is 14.6 Å². The van der Waals surface area contributed by atoms with Gasteiger partial charge in [0.15, 0.2) is 0 Å². The molecule has 0 atom stereocenters. The second-order valence-electron chi connectivity index (χ2n) is 7.89. The average Bonchev–Trinajstić information content (AvgIpc) is 2.72. The number of para-hydroxylation sites is 1. The van der Waals surface area contributed by atoms with E-state index in [-0.39, 0.29) is 11.8 Å². The predicted octanol–water partition coefficient (Wildman–Crippen LogP) is 6.34. The van der Waals surface area contributed by atoms with Crippen molar-refractivity contribution in [3.05, 3.63) is 101 Å². The number of hydrogen-bond donors (Lipinski definition) is 1. The van der Waals surface area contributed by atoms with Crippen molar-refractivity contribution in [1.29, 1.82) is 0 Å². The Hall–Kier alpha value is -3.07. The van der Waals surface area contributed by atoms with Crippen LogP contribution in [-0.4, -0.2) is 11.1 Å². The summed E-state index contributed by atoms with van der Waals surface area (Å²) in [5.41, 5.74) is 1.61. The lowest BCUT2D eigenvalue weighted by Gasteiger charge is -2.35. The first-order chi connectivity index (χ1) is 13.9. The van der Waals surface area contributed by atoms with Gasteiger partial charge in [-0.2, -0.15) is 0 Å². The molecule has 0 aliphatic heterocycles. The van der Waals surface area contributed by atoms with Crippen LogP contribution in [0.3, 0.4) is 0 Å². The number of aliphatic carboxylic acids is 1. The molecule has 0 heterocycles. The minimum Gasteiger partial charge on any atom is -0.478 e. The third kappa shape index (κ3) is 3.91. The summed E-state index contributed by atoms with van der Waals surface area (Å²) in [5, 5.41) is 10.7. The lowest BCUT2D eigenvalue weighted by molar-refractivity contribution is -0.152. The summed E-state index contributed by atoms with van der Waals surface area (Å²) in [7, 11) is 0. The second-order valence-corrected chi connectivity index (χ2v) is 7.89. The fraction of sp³-hybridized carbons (Fsp3) is 0.269. The molecule has 3 nitrogen and oxygen atoms in total. The number of hydrogen-bond acceptors (Lipinski definition) is 2. The first-order valence-corrected chi connectivity index (χ1v) is 10.0. The summed E-state index contributed by atoms with van der Waals surface area (Å²) in [6.07, 6.45) is 0. The summed E-state index contributed by atoms with van der Waals surface area (Å²) in [4.78, 5) is 13.1. The zero-order valence-corrected chi connectivity index (χ0v) is 17.4. The minimum atomic E-state index is -1.65. The highest BCUT2D eigenvalue weighted by molar-refractivity contribution is 5.86. The van der Waals surface area contributed by atoms with E-state index in [1.807, 2.05) is 66.7 Å². The maximum Gasteiger partial charge on any atom is 0.357 e. The topological polar surface area (TPSA) is 46.5 Å². The third-order valence-corrected chi connectivity index (χ3v) is 5.24. The molecule has 0 spiro atoms. The van der Waals surface area contributed by atoms with Crippen molar-refractivity contribution in [2.45, 2.75) is 45.1 Å². The Kier molecular flexibility index (Phi) is 6.07. The Morgan fingerprint density at radius 1 is 0.724 bits per heavy atom. The Bertz CT molecular complexity index is 923. The van der Waals surface area contributed by atoms with Gasteiger partial charge in [-0.05, 0) is 35.1 Å². The monoisotopic (exact) mass is 388 g/mol. The Labute approximate surface area is 173 Å². The summed E-state index contributed by atoms with van der Waals surface area (Å²) < 4.78 is 6.42. The molecule has 0 radical (unpaired) electrons. The largest absolute Gasteiger partial charge is 0.478 e. The van der Waals surface area contributed by atoms with E-state index in [9.17, 15) is 9.90 Å². The average molecular weight is 389 g/mol. The van der Waals surface area contributed by atoms with Crippen LogP contribution in [0.2, 0.25) is 0 Å². The van der Waals surface area contributed by atoms with Crippen LogP contribution in [0.4, 0.5) is 0 Å². The minimum absolute atomic E-state index is 0.149. The summed E-state index contributed by atoms with van der Waals surface area (Å²) in [6, 6.07) is 24.6. The number of rotatable bonds is 7. The molecule has 0 unspecified atom stereocenters. The van der Waals surface area contributed by atoms with Crippen molar-refractivity contribution in [1.82, 2.24) is 0 Å². The van der Waals surface area contributed by atoms with E-state index >= 15 is 0 Å². The van der Waals surface area contributed by atoms with Gasteiger partial charge in [-0.15, -0.1) is 0 Å². The first-order valence-electron chi connectivity index (χ1n) is 10.0. The van der Waals surface area contributed by atoms with Gasteiger partial charge >= 0.3 is 5.97 Å². The Morgan fingerprint density at radius 3 is 1.55 bits per heavy atom. The molecule has 0 saturated heterocycles. The molecule has 3 heteroatoms. The second kappa shape index (κ2) is 8.52. The van der Waals surface area contributed by atoms with Crippen LogP contribution in [0.1, 0.15) is 61.8 Å². The molecule has 3 aromatic rings. The van der Waals surface area contributed by atoms with E-state index in [0.717, 1.165) is 11.1 Å². The molecule has 0 saturated carbocycles. The van der Waals surface area contributed by atoms with Crippen LogP contribution in [-0.2, 0) is 10.4 Å². The van der Waals surface area contributed by atoms with Gasteiger partial charge in [0.2, 0.25) is 0 Å². The maximum absolute atomic E-state index is 13.1. The SMILES string of the molecule is CC(C)c1ccccc1C(Oc1ccccc1)(C(=O)O)c1ccccc1C(C)C. The molecule has 1 N–H and O–H groups in total. The van der Waals surface area contributed by atoms with Gasteiger partial charge in [-0.25, -0.2) is 4.79 Å². The number of benzene rings is 3. The number of carboxylic acid groups (broad SMARTS) is 1. The number of carboxylic acids is 1. The van der Waals surface area contributed by atoms with E-state index < -0.39 is 11.6 Å². The van der Waals surface area contributed by atoms with E-state index in [0.29, 0.717) is 16.9 Å². The van der Waals surface area contributed by atoms with Gasteiger partial charge in [0, 0.05) is 11.1 Å². The summed E-state index contributed by atoms with van der Waals surface area (Å²) >= 11 is 0. The molecule has 0 fully saturated rings. The van der Waals surface area contributed by atoms with Crippen LogP contribution in [0, 0.1) is 0 Å². The highest BCUT2D eigenvalue weighted by atomic mass is 16.5. The van der Waals surface area contributed by atoms with Crippen molar-refractivity contribution in [2.75, 3.05) is 0 Å². The van der Waals surface area contributed by atoms with Crippen molar-refractivity contribution in [2.24, 2.45) is 0 Å². The quantitative estimate of drug-likeness (QED) is 0.514. The lowest BCUT2D eigenvalue weighted by Crippen LogP contribution is -2.44. The maximum atomic E-state index is 13.1. The van der Waals surface area contributed by atoms with Gasteiger partial charge in [0.05, 0.1) is 0 Å². The number of ether oxygens (including phenoxy) is 1. The normalized spacial score (nSPS) is 11.7. The van der Waals surface area contributed by atoms with Crippen LogP contribution in [0.25, 0.3) is 0 Å². The van der Waals surface area contributed by atoms with Crippen molar-refractivity contribution >= 4 is 5.97 Å². The van der Waals surface area contributed by atoms with Gasteiger partial charge in [0.25, 0.3) is 5.60 Å². The fourth-order valence-corrected chi connectivity index (χ4v) is 3.84. The Morgan fingerprint density at radius 2 is 1.14 bits per heavy atom. The lowest BCUT2D eigenvalue weighted by atomic mass is 9.77. The zero-order valence-electron chi connectivity index (χ0n) is 17.4. The van der Waals surface area contributed by atoms with Crippen LogP contribution < -0.4 is 4.74 Å². The molecule has 0 aromatic heterocycles. The van der Waals surface area contributed by atoms with Crippen LogP contribution in [0.5, 0.6) is 5.75 Å². The van der Waals surface area contributed by atoms with E-state index in [1.54, 1.807) is 12.1 Å². The van der Waals surface area contributed by atoms with Gasteiger partial charge in [-0.1, -0.05) is 94.4 Å². The van der Waals surface area contributed by atoms with E-state index in [1.165, 1.54) is 0 Å². The molecule has 0 aliphatic rings. The van der Waals surface area contributed by atoms with Gasteiger partial charge in [-0.3, -0.25) is 0 Å². The molecule has 0 bridgehead atoms. The predicted molar refractivity (Wildman–Crippen MR) is 117 cm³/mol. The molecular formula is C26H28O3. The smallest absolute Gasteiger partial charge is 0.357 e. The molecule has 3 aromatic carbocycles. The number of carbonyl (C=O) groups is 1. The molecule has 3 rings (SSSR count). The van der Waals surface area contributed by atoms with Gasteiger partial charge < -0.3 is 9.84 Å². The third-order valence-electron chi connectivity index (χ3n) is 5.24. The molecule has 29 heavy (non-hydrogen) atoms. The van der Waals surface area contributed by atoms with E-state index in [2.05, 4.69) is 27.7 Å². The van der Waals surface area contributed by atoms with Gasteiger partial charge in [0.1, 0.15) is 5.75 Å². The highest BCUT2D eigenvalue weighted by Gasteiger charge is 2.48. The zero-order chi connectivity index (χ0) is 21.0. The Balaban J connectivity index is 2.39. The standard InChI is InChI=1S/C26H28O3/c1-18(2)21-14-8-10-16-23(21)26(25(27)28,29-20-12-6-5-7-13-20)24-17-11-9-15-22(24)19(3)4/h5-19H,1-4H3,(H,27,28). The summed E-state index contributed by atoms with van der Waals surface area (Å²) in [5.74, 6) is -0.208. The highest BCUT2D eigenvalue weighted by Crippen LogP contribution is 2.42. The van der Waals surface area contributed by atoms with Crippen molar-refractivity contribution in [3.8, 4) is 5.75 Å². The molecule has 0 amide bonds. The fourth-order valence-electron chi connectivity index (χ4n) is 3.84. The van der Waals surface area contributed by atoms with Crippen molar-refractivity contribution in [3.63, 3.8) is 0 Å². The molecule has 0 aliphatic carbocycles.